The highest BCUT2D eigenvalue weighted by atomic mass is 16.1. The summed E-state index contributed by atoms with van der Waals surface area (Å²) in [5, 5.41) is 17.3. The molecule has 0 aliphatic rings. The second-order valence-corrected chi connectivity index (χ2v) is 2.55. The summed E-state index contributed by atoms with van der Waals surface area (Å²) >= 11 is 0. The fraction of sp³-hybridized carbons (Fsp3) is 0.375. The number of carbonyl (C=O) groups is 1. The maximum absolute atomic E-state index is 11.3. The highest BCUT2D eigenvalue weighted by Gasteiger charge is 2.11. The fourth-order valence-electron chi connectivity index (χ4n) is 0.842. The molecule has 1 heterocycles. The Labute approximate surface area is 75.8 Å². The lowest BCUT2D eigenvalue weighted by molar-refractivity contribution is 0.0944. The van der Waals surface area contributed by atoms with Crippen molar-refractivity contribution in [1.82, 2.24) is 15.5 Å². The topological polar surface area (TPSA) is 81.6 Å². The number of nitriles is 1. The van der Waals surface area contributed by atoms with Crippen LogP contribution in [0.4, 0.5) is 0 Å². The molecule has 0 saturated heterocycles. The van der Waals surface area contributed by atoms with Gasteiger partial charge in [0.1, 0.15) is 6.04 Å². The van der Waals surface area contributed by atoms with E-state index in [0.717, 1.165) is 0 Å². The molecule has 0 saturated carbocycles. The molecule has 68 valence electrons. The Hall–Kier alpha value is -1.83. The number of nitrogens with one attached hydrogen (secondary N) is 2. The van der Waals surface area contributed by atoms with Crippen molar-refractivity contribution < 1.29 is 4.79 Å². The molecule has 1 unspecified atom stereocenters. The Bertz CT molecular complexity index is 311. The van der Waals surface area contributed by atoms with Crippen LogP contribution in [0.5, 0.6) is 0 Å². The van der Waals surface area contributed by atoms with Gasteiger partial charge in [0.15, 0.2) is 0 Å². The first kappa shape index (κ1) is 9.26. The molecule has 5 heteroatoms. The minimum atomic E-state index is -0.428. The van der Waals surface area contributed by atoms with Crippen LogP contribution in [0.25, 0.3) is 0 Å². The van der Waals surface area contributed by atoms with Gasteiger partial charge in [-0.1, -0.05) is 6.92 Å². The van der Waals surface area contributed by atoms with Crippen LogP contribution in [0.2, 0.25) is 0 Å². The zero-order chi connectivity index (χ0) is 9.68. The SMILES string of the molecule is CCC(C#N)NC(=O)c1cn[nH]c1. The van der Waals surface area contributed by atoms with Crippen molar-refractivity contribution in [2.45, 2.75) is 19.4 Å². The summed E-state index contributed by atoms with van der Waals surface area (Å²) in [7, 11) is 0. The van der Waals surface area contributed by atoms with E-state index in [1.165, 1.54) is 12.4 Å². The standard InChI is InChI=1S/C8H10N4O/c1-2-7(3-9)12-8(13)6-4-10-11-5-6/h4-5,7H,2H2,1H3,(H,10,11)(H,12,13). The van der Waals surface area contributed by atoms with Crippen molar-refractivity contribution >= 4 is 5.91 Å². The third kappa shape index (κ3) is 2.30. The lowest BCUT2D eigenvalue weighted by atomic mass is 10.2. The summed E-state index contributed by atoms with van der Waals surface area (Å²) in [6, 6.07) is 1.55. The Morgan fingerprint density at radius 1 is 1.92 bits per heavy atom. The first-order chi connectivity index (χ1) is 6.27. The van der Waals surface area contributed by atoms with E-state index in [1.807, 2.05) is 13.0 Å². The minimum Gasteiger partial charge on any atom is -0.336 e. The average Bonchev–Trinajstić information content (AvgIpc) is 2.66. The third-order valence-corrected chi connectivity index (χ3v) is 1.63. The van der Waals surface area contributed by atoms with Crippen LogP contribution >= 0.6 is 0 Å². The molecule has 0 bridgehead atoms. The van der Waals surface area contributed by atoms with Crippen LogP contribution in [0.15, 0.2) is 12.4 Å². The largest absolute Gasteiger partial charge is 0.336 e. The molecule has 13 heavy (non-hydrogen) atoms. The van der Waals surface area contributed by atoms with Crippen molar-refractivity contribution in [2.75, 3.05) is 0 Å². The number of carbonyl (C=O) groups excluding carboxylic acids is 1. The van der Waals surface area contributed by atoms with E-state index in [1.54, 1.807) is 0 Å². The molecule has 0 aliphatic carbocycles. The number of amides is 1. The van der Waals surface area contributed by atoms with Crippen molar-refractivity contribution in [2.24, 2.45) is 0 Å². The predicted molar refractivity (Wildman–Crippen MR) is 45.7 cm³/mol. The number of rotatable bonds is 3. The van der Waals surface area contributed by atoms with E-state index in [9.17, 15) is 4.79 Å². The molecule has 1 aromatic heterocycles. The summed E-state index contributed by atoms with van der Waals surface area (Å²) in [5.74, 6) is -0.276. The van der Waals surface area contributed by atoms with Crippen LogP contribution in [0.3, 0.4) is 0 Å². The maximum Gasteiger partial charge on any atom is 0.255 e. The average molecular weight is 178 g/mol. The van der Waals surface area contributed by atoms with Gasteiger partial charge < -0.3 is 5.32 Å². The van der Waals surface area contributed by atoms with E-state index in [4.69, 9.17) is 5.26 Å². The Balaban J connectivity index is 2.57. The summed E-state index contributed by atoms with van der Waals surface area (Å²) in [6.45, 7) is 1.84. The molecular formula is C8H10N4O. The number of aromatic amines is 1. The second kappa shape index (κ2) is 4.26. The second-order valence-electron chi connectivity index (χ2n) is 2.55. The van der Waals surface area contributed by atoms with Crippen LogP contribution in [0, 0.1) is 11.3 Å². The van der Waals surface area contributed by atoms with Crippen LogP contribution in [0.1, 0.15) is 23.7 Å². The summed E-state index contributed by atoms with van der Waals surface area (Å²) in [5.41, 5.74) is 0.439. The third-order valence-electron chi connectivity index (χ3n) is 1.63. The number of H-pyrrole nitrogens is 1. The number of hydrogen-bond donors (Lipinski definition) is 2. The van der Waals surface area contributed by atoms with Crippen LogP contribution in [-0.4, -0.2) is 22.1 Å². The number of aromatic nitrogens is 2. The lowest BCUT2D eigenvalue weighted by Crippen LogP contribution is -2.32. The van der Waals surface area contributed by atoms with E-state index >= 15 is 0 Å². The molecular weight excluding hydrogens is 168 g/mol. The zero-order valence-corrected chi connectivity index (χ0v) is 7.24. The minimum absolute atomic E-state index is 0.276. The molecule has 0 fully saturated rings. The molecule has 1 atom stereocenters. The smallest absolute Gasteiger partial charge is 0.255 e. The molecule has 0 aromatic carbocycles. The highest BCUT2D eigenvalue weighted by Crippen LogP contribution is 1.96. The Kier molecular flexibility index (Phi) is 3.03. The molecule has 0 radical (unpaired) electrons. The van der Waals surface area contributed by atoms with E-state index in [2.05, 4.69) is 15.5 Å². The van der Waals surface area contributed by atoms with E-state index in [-0.39, 0.29) is 5.91 Å². The molecule has 2 N–H and O–H groups in total. The van der Waals surface area contributed by atoms with Gasteiger partial charge in [0.05, 0.1) is 17.8 Å². The van der Waals surface area contributed by atoms with Gasteiger partial charge in [-0.2, -0.15) is 10.4 Å². The van der Waals surface area contributed by atoms with Crippen molar-refractivity contribution in [1.29, 1.82) is 5.26 Å². The highest BCUT2D eigenvalue weighted by molar-refractivity contribution is 5.93. The zero-order valence-electron chi connectivity index (χ0n) is 7.24. The number of nitrogens with zero attached hydrogens (tertiary/aromatic N) is 2. The van der Waals surface area contributed by atoms with Gasteiger partial charge in [0.25, 0.3) is 5.91 Å². The quantitative estimate of drug-likeness (QED) is 0.704. The van der Waals surface area contributed by atoms with Gasteiger partial charge in [-0.25, -0.2) is 0 Å². The van der Waals surface area contributed by atoms with Crippen LogP contribution < -0.4 is 5.32 Å². The predicted octanol–water partition coefficient (Wildman–Crippen LogP) is 0.442. The molecule has 5 nitrogen and oxygen atoms in total. The van der Waals surface area contributed by atoms with Gasteiger partial charge in [-0.15, -0.1) is 0 Å². The maximum atomic E-state index is 11.3. The van der Waals surface area contributed by atoms with Gasteiger partial charge in [-0.3, -0.25) is 9.89 Å². The summed E-state index contributed by atoms with van der Waals surface area (Å²) in [6.07, 6.45) is 3.50. The Morgan fingerprint density at radius 2 is 2.69 bits per heavy atom. The van der Waals surface area contributed by atoms with Gasteiger partial charge in [0, 0.05) is 6.20 Å². The van der Waals surface area contributed by atoms with Crippen LogP contribution in [-0.2, 0) is 0 Å². The molecule has 1 aromatic rings. The van der Waals surface area contributed by atoms with E-state index in [0.29, 0.717) is 12.0 Å². The van der Waals surface area contributed by atoms with Gasteiger partial charge >= 0.3 is 0 Å². The molecule has 1 rings (SSSR count). The fourth-order valence-corrected chi connectivity index (χ4v) is 0.842. The van der Waals surface area contributed by atoms with Gasteiger partial charge in [-0.05, 0) is 6.42 Å². The van der Waals surface area contributed by atoms with E-state index < -0.39 is 6.04 Å². The number of hydrogen-bond acceptors (Lipinski definition) is 3. The molecule has 0 spiro atoms. The lowest BCUT2D eigenvalue weighted by Gasteiger charge is -2.06. The van der Waals surface area contributed by atoms with Crippen molar-refractivity contribution in [3.8, 4) is 6.07 Å². The monoisotopic (exact) mass is 178 g/mol. The van der Waals surface area contributed by atoms with Gasteiger partial charge in [0.2, 0.25) is 0 Å². The normalized spacial score (nSPS) is 11.7. The summed E-state index contributed by atoms with van der Waals surface area (Å²) in [4.78, 5) is 11.3. The Morgan fingerprint density at radius 3 is 3.15 bits per heavy atom. The first-order valence-corrected chi connectivity index (χ1v) is 3.97. The first-order valence-electron chi connectivity index (χ1n) is 3.97. The van der Waals surface area contributed by atoms with Crippen molar-refractivity contribution in [3.63, 3.8) is 0 Å². The summed E-state index contributed by atoms with van der Waals surface area (Å²) < 4.78 is 0. The van der Waals surface area contributed by atoms with Crippen molar-refractivity contribution in [3.05, 3.63) is 18.0 Å². The molecule has 1 amide bonds. The molecule has 0 aliphatic heterocycles.